The van der Waals surface area contributed by atoms with Crippen LogP contribution in [0.1, 0.15) is 27.0 Å². The summed E-state index contributed by atoms with van der Waals surface area (Å²) in [5.41, 5.74) is 11.3. The van der Waals surface area contributed by atoms with E-state index in [-0.39, 0.29) is 0 Å². The Kier molecular flexibility index (Phi) is 5.31. The maximum Gasteiger partial charge on any atom is 0.248 e. The second-order valence-corrected chi connectivity index (χ2v) is 6.00. The molecule has 0 aliphatic rings. The number of hydrogen-bond donors (Lipinski definition) is 1. The molecule has 0 fully saturated rings. The summed E-state index contributed by atoms with van der Waals surface area (Å²) in [4.78, 5) is 11.1. The summed E-state index contributed by atoms with van der Waals surface area (Å²) in [5, 5.41) is 0. The number of allylic oxidation sites excluding steroid dienone is 1. The van der Waals surface area contributed by atoms with Crippen molar-refractivity contribution in [2.45, 2.75) is 6.92 Å². The minimum atomic E-state index is -0.433. The van der Waals surface area contributed by atoms with Crippen LogP contribution in [0.4, 0.5) is 0 Å². The topological polar surface area (TPSA) is 43.1 Å². The minimum absolute atomic E-state index is 0.433. The zero-order chi connectivity index (χ0) is 18.4. The maximum atomic E-state index is 11.1. The fourth-order valence-corrected chi connectivity index (χ4v) is 2.61. The third kappa shape index (κ3) is 4.28. The van der Waals surface area contributed by atoms with Crippen molar-refractivity contribution < 1.29 is 4.79 Å². The molecule has 26 heavy (non-hydrogen) atoms. The van der Waals surface area contributed by atoms with Crippen LogP contribution in [0.25, 0.3) is 17.2 Å². The number of rotatable bonds is 3. The van der Waals surface area contributed by atoms with Crippen LogP contribution in [-0.2, 0) is 0 Å². The normalized spacial score (nSPS) is 10.3. The molecule has 3 aromatic rings. The fourth-order valence-electron chi connectivity index (χ4n) is 2.61. The van der Waals surface area contributed by atoms with E-state index in [1.807, 2.05) is 24.3 Å². The standard InChI is InChI=1S/C24H19NO/c1-18-10-14-21(15-11-18)23-9-5-4-8-20(23)7-3-2-6-19-12-16-22(17-13-19)24(25)26/h3-5,7-17H,1H3,(H2,25,26)/b7-3+. The first-order valence-corrected chi connectivity index (χ1v) is 8.37. The van der Waals surface area contributed by atoms with Crippen molar-refractivity contribution in [3.63, 3.8) is 0 Å². The molecule has 0 saturated heterocycles. The van der Waals surface area contributed by atoms with Gasteiger partial charge in [0.1, 0.15) is 0 Å². The van der Waals surface area contributed by atoms with Gasteiger partial charge in [0.25, 0.3) is 0 Å². The molecule has 2 heteroatoms. The van der Waals surface area contributed by atoms with Gasteiger partial charge in [-0.15, -0.1) is 0 Å². The summed E-state index contributed by atoms with van der Waals surface area (Å²) in [6.45, 7) is 2.08. The molecule has 3 rings (SSSR count). The molecule has 0 atom stereocenters. The molecular weight excluding hydrogens is 318 g/mol. The average molecular weight is 337 g/mol. The number of primary amides is 1. The van der Waals surface area contributed by atoms with Crippen molar-refractivity contribution in [2.24, 2.45) is 5.73 Å². The van der Waals surface area contributed by atoms with Gasteiger partial charge >= 0.3 is 0 Å². The molecule has 0 aliphatic heterocycles. The van der Waals surface area contributed by atoms with E-state index in [0.29, 0.717) is 5.56 Å². The number of carbonyl (C=O) groups excluding carboxylic acids is 1. The highest BCUT2D eigenvalue weighted by atomic mass is 16.1. The third-order valence-electron chi connectivity index (χ3n) is 4.06. The van der Waals surface area contributed by atoms with E-state index < -0.39 is 5.91 Å². The van der Waals surface area contributed by atoms with E-state index in [4.69, 9.17) is 5.73 Å². The van der Waals surface area contributed by atoms with Crippen molar-refractivity contribution >= 4 is 12.0 Å². The van der Waals surface area contributed by atoms with Gasteiger partial charge in [-0.05, 0) is 60.0 Å². The number of hydrogen-bond acceptors (Lipinski definition) is 1. The third-order valence-corrected chi connectivity index (χ3v) is 4.06. The summed E-state index contributed by atoms with van der Waals surface area (Å²) in [7, 11) is 0. The number of amides is 1. The second kappa shape index (κ2) is 8.00. The lowest BCUT2D eigenvalue weighted by atomic mass is 9.98. The SMILES string of the molecule is Cc1ccc(-c2ccccc2/C=C/C#Cc2ccc(C(N)=O)cc2)cc1. The summed E-state index contributed by atoms with van der Waals surface area (Å²) in [6.07, 6.45) is 3.86. The van der Waals surface area contributed by atoms with Crippen molar-refractivity contribution in [3.05, 3.63) is 101 Å². The Morgan fingerprint density at radius 2 is 1.62 bits per heavy atom. The van der Waals surface area contributed by atoms with Crippen LogP contribution in [0.3, 0.4) is 0 Å². The predicted molar refractivity (Wildman–Crippen MR) is 107 cm³/mol. The van der Waals surface area contributed by atoms with Gasteiger partial charge in [0.2, 0.25) is 5.91 Å². The largest absolute Gasteiger partial charge is 0.366 e. The Balaban J connectivity index is 1.80. The first-order valence-electron chi connectivity index (χ1n) is 8.37. The van der Waals surface area contributed by atoms with Crippen LogP contribution in [0.5, 0.6) is 0 Å². The van der Waals surface area contributed by atoms with Crippen molar-refractivity contribution in [2.75, 3.05) is 0 Å². The van der Waals surface area contributed by atoms with Crippen LogP contribution < -0.4 is 5.73 Å². The Bertz CT molecular complexity index is 1000. The molecule has 1 amide bonds. The monoisotopic (exact) mass is 337 g/mol. The van der Waals surface area contributed by atoms with Crippen molar-refractivity contribution in [1.82, 2.24) is 0 Å². The molecule has 0 unspecified atom stereocenters. The summed E-state index contributed by atoms with van der Waals surface area (Å²) in [5.74, 6) is 5.67. The van der Waals surface area contributed by atoms with E-state index in [2.05, 4.69) is 55.2 Å². The highest BCUT2D eigenvalue weighted by molar-refractivity contribution is 5.92. The zero-order valence-electron chi connectivity index (χ0n) is 14.6. The van der Waals surface area contributed by atoms with E-state index >= 15 is 0 Å². The van der Waals surface area contributed by atoms with Crippen molar-refractivity contribution in [3.8, 4) is 23.0 Å². The first kappa shape index (κ1) is 17.3. The molecule has 0 radical (unpaired) electrons. The smallest absolute Gasteiger partial charge is 0.248 e. The van der Waals surface area contributed by atoms with Gasteiger partial charge in [-0.25, -0.2) is 0 Å². The minimum Gasteiger partial charge on any atom is -0.366 e. The molecule has 2 nitrogen and oxygen atoms in total. The van der Waals surface area contributed by atoms with Gasteiger partial charge in [-0.2, -0.15) is 0 Å². The van der Waals surface area contributed by atoms with Crippen LogP contribution in [0.15, 0.2) is 78.9 Å². The lowest BCUT2D eigenvalue weighted by molar-refractivity contribution is 0.100. The highest BCUT2D eigenvalue weighted by Gasteiger charge is 2.01. The second-order valence-electron chi connectivity index (χ2n) is 6.00. The van der Waals surface area contributed by atoms with Crippen LogP contribution in [0.2, 0.25) is 0 Å². The predicted octanol–water partition coefficient (Wildman–Crippen LogP) is 4.83. The van der Waals surface area contributed by atoms with Gasteiger partial charge in [0.15, 0.2) is 0 Å². The Morgan fingerprint density at radius 3 is 2.31 bits per heavy atom. The van der Waals surface area contributed by atoms with Gasteiger partial charge in [-0.3, -0.25) is 4.79 Å². The van der Waals surface area contributed by atoms with Crippen LogP contribution in [-0.4, -0.2) is 5.91 Å². The van der Waals surface area contributed by atoms with Crippen LogP contribution >= 0.6 is 0 Å². The van der Waals surface area contributed by atoms with Crippen LogP contribution in [0, 0.1) is 18.8 Å². The van der Waals surface area contributed by atoms with E-state index in [9.17, 15) is 4.79 Å². The molecule has 0 saturated carbocycles. The lowest BCUT2D eigenvalue weighted by Gasteiger charge is -2.06. The Hall–Kier alpha value is -3.57. The first-order chi connectivity index (χ1) is 12.6. The Labute approximate surface area is 154 Å². The lowest BCUT2D eigenvalue weighted by Crippen LogP contribution is -2.10. The quantitative estimate of drug-likeness (QED) is 0.684. The number of nitrogens with two attached hydrogens (primary N) is 1. The number of aryl methyl sites for hydroxylation is 1. The Morgan fingerprint density at radius 1 is 0.923 bits per heavy atom. The molecule has 0 aromatic heterocycles. The zero-order valence-corrected chi connectivity index (χ0v) is 14.6. The van der Waals surface area contributed by atoms with E-state index in [1.165, 1.54) is 16.7 Å². The molecule has 3 aromatic carbocycles. The average Bonchev–Trinajstić information content (AvgIpc) is 2.67. The molecule has 0 aliphatic carbocycles. The summed E-state index contributed by atoms with van der Waals surface area (Å²) >= 11 is 0. The molecule has 0 bridgehead atoms. The van der Waals surface area contributed by atoms with Gasteiger partial charge < -0.3 is 5.73 Å². The summed E-state index contributed by atoms with van der Waals surface area (Å²) in [6, 6.07) is 23.7. The van der Waals surface area contributed by atoms with Gasteiger partial charge in [0, 0.05) is 11.1 Å². The molecule has 0 heterocycles. The van der Waals surface area contributed by atoms with E-state index in [1.54, 1.807) is 24.3 Å². The molecule has 126 valence electrons. The highest BCUT2D eigenvalue weighted by Crippen LogP contribution is 2.24. The van der Waals surface area contributed by atoms with Crippen molar-refractivity contribution in [1.29, 1.82) is 0 Å². The van der Waals surface area contributed by atoms with Gasteiger partial charge in [0.05, 0.1) is 0 Å². The molecule has 0 spiro atoms. The molecular formula is C24H19NO. The number of benzene rings is 3. The summed E-state index contributed by atoms with van der Waals surface area (Å²) < 4.78 is 0. The number of carbonyl (C=O) groups is 1. The molecule has 2 N–H and O–H groups in total. The van der Waals surface area contributed by atoms with E-state index in [0.717, 1.165) is 11.1 Å². The van der Waals surface area contributed by atoms with Gasteiger partial charge in [-0.1, -0.05) is 65.9 Å². The fraction of sp³-hybridized carbons (Fsp3) is 0.0417. The maximum absolute atomic E-state index is 11.1.